The minimum Gasteiger partial charge on any atom is -0.496 e. The quantitative estimate of drug-likeness (QED) is 0.439. The molecule has 1 N–H and O–H groups in total. The number of aromatic nitrogens is 2. The lowest BCUT2D eigenvalue weighted by Crippen LogP contribution is -2.64. The number of ether oxygens (including phenoxy) is 1. The second-order valence-electron chi connectivity index (χ2n) is 8.83. The molecule has 0 aliphatic carbocycles. The molecule has 2 heterocycles. The van der Waals surface area contributed by atoms with Crippen molar-refractivity contribution in [2.75, 3.05) is 12.0 Å². The molecule has 0 radical (unpaired) electrons. The smallest absolute Gasteiger partial charge is 0.277 e. The zero-order valence-electron chi connectivity index (χ0n) is 19.9. The molecule has 1 aromatic heterocycles. The van der Waals surface area contributed by atoms with Crippen LogP contribution >= 0.6 is 0 Å². The molecule has 4 aromatic rings. The van der Waals surface area contributed by atoms with Crippen LogP contribution in [0.1, 0.15) is 23.0 Å². The van der Waals surface area contributed by atoms with Crippen LogP contribution in [0.2, 0.25) is 0 Å². The summed E-state index contributed by atoms with van der Waals surface area (Å²) >= 11 is 0. The average molecular weight is 485 g/mol. The second-order valence-corrected chi connectivity index (χ2v) is 8.83. The van der Waals surface area contributed by atoms with E-state index >= 15 is 0 Å². The van der Waals surface area contributed by atoms with E-state index in [0.717, 1.165) is 11.1 Å². The maximum absolute atomic E-state index is 14.2. The molecule has 1 aliphatic rings. The summed E-state index contributed by atoms with van der Waals surface area (Å²) in [4.78, 5) is 28.9. The Hall–Kier alpha value is -4.46. The zero-order valence-corrected chi connectivity index (χ0v) is 19.9. The summed E-state index contributed by atoms with van der Waals surface area (Å²) in [7, 11) is 1.57. The number of hydrogen-bond acceptors (Lipinski definition) is 4. The second kappa shape index (κ2) is 9.30. The summed E-state index contributed by atoms with van der Waals surface area (Å²) in [5.41, 5.74) is 1.52. The van der Waals surface area contributed by atoms with Crippen molar-refractivity contribution < 1.29 is 18.7 Å². The van der Waals surface area contributed by atoms with Gasteiger partial charge in [-0.3, -0.25) is 19.2 Å². The van der Waals surface area contributed by atoms with Crippen LogP contribution in [0.3, 0.4) is 0 Å². The van der Waals surface area contributed by atoms with Crippen LogP contribution in [0, 0.1) is 5.82 Å². The third-order valence-corrected chi connectivity index (χ3v) is 6.41. The monoisotopic (exact) mass is 484 g/mol. The Kier molecular flexibility index (Phi) is 6.01. The van der Waals surface area contributed by atoms with Crippen molar-refractivity contribution in [1.29, 1.82) is 0 Å². The van der Waals surface area contributed by atoms with Gasteiger partial charge in [0.05, 0.1) is 19.3 Å². The molecular formula is C28H25FN4O3. The molecule has 1 aliphatic heterocycles. The molecule has 1 atom stereocenters. The van der Waals surface area contributed by atoms with Crippen molar-refractivity contribution in [3.63, 3.8) is 0 Å². The third-order valence-electron chi connectivity index (χ3n) is 6.41. The molecule has 0 saturated carbocycles. The fourth-order valence-corrected chi connectivity index (χ4v) is 4.57. The topological polar surface area (TPSA) is 76.5 Å². The molecule has 5 rings (SSSR count). The van der Waals surface area contributed by atoms with Crippen LogP contribution in [0.25, 0.3) is 11.3 Å². The minimum atomic E-state index is -1.38. The van der Waals surface area contributed by atoms with Crippen LogP contribution in [-0.2, 0) is 17.9 Å². The number of para-hydroxylation sites is 1. The van der Waals surface area contributed by atoms with Crippen LogP contribution in [0.4, 0.5) is 10.1 Å². The summed E-state index contributed by atoms with van der Waals surface area (Å²) in [5.74, 6) is -0.683. The summed E-state index contributed by atoms with van der Waals surface area (Å²) < 4.78 is 21.2. The van der Waals surface area contributed by atoms with E-state index in [1.807, 2.05) is 54.6 Å². The number of halogens is 1. The number of carbonyl (C=O) groups excluding carboxylic acids is 2. The Labute approximate surface area is 208 Å². The van der Waals surface area contributed by atoms with Crippen molar-refractivity contribution in [2.45, 2.75) is 25.6 Å². The number of anilines is 1. The van der Waals surface area contributed by atoms with E-state index < -0.39 is 23.2 Å². The Morgan fingerprint density at radius 3 is 2.56 bits per heavy atom. The molecule has 0 saturated heterocycles. The molecule has 0 unspecified atom stereocenters. The van der Waals surface area contributed by atoms with Gasteiger partial charge in [-0.05, 0) is 37.3 Å². The molecule has 0 bridgehead atoms. The van der Waals surface area contributed by atoms with Gasteiger partial charge in [-0.25, -0.2) is 4.39 Å². The number of fused-ring (bicyclic) bond motifs is 1. The van der Waals surface area contributed by atoms with E-state index in [-0.39, 0.29) is 13.1 Å². The Balaban J connectivity index is 1.54. The van der Waals surface area contributed by atoms with E-state index in [9.17, 15) is 14.0 Å². The van der Waals surface area contributed by atoms with Crippen LogP contribution in [0.15, 0.2) is 84.9 Å². The number of amides is 2. The van der Waals surface area contributed by atoms with Gasteiger partial charge in [0.2, 0.25) is 5.91 Å². The summed E-state index contributed by atoms with van der Waals surface area (Å²) in [5, 5.41) is 7.58. The number of rotatable bonds is 6. The first-order valence-electron chi connectivity index (χ1n) is 11.5. The number of nitrogens with zero attached hydrogens (tertiary/aromatic N) is 3. The molecule has 3 aromatic carbocycles. The van der Waals surface area contributed by atoms with Gasteiger partial charge in [0.1, 0.15) is 22.8 Å². The van der Waals surface area contributed by atoms with Gasteiger partial charge in [0, 0.05) is 23.4 Å². The van der Waals surface area contributed by atoms with Gasteiger partial charge in [-0.15, -0.1) is 0 Å². The zero-order chi connectivity index (χ0) is 25.3. The van der Waals surface area contributed by atoms with Gasteiger partial charge in [0.25, 0.3) is 5.91 Å². The van der Waals surface area contributed by atoms with Crippen molar-refractivity contribution in [1.82, 2.24) is 15.1 Å². The molecule has 8 heteroatoms. The lowest BCUT2D eigenvalue weighted by Gasteiger charge is -2.43. The van der Waals surface area contributed by atoms with Crippen molar-refractivity contribution in [3.8, 4) is 17.0 Å². The number of methoxy groups -OCH3 is 1. The van der Waals surface area contributed by atoms with Crippen LogP contribution in [-0.4, -0.2) is 34.2 Å². The molecule has 0 spiro atoms. The van der Waals surface area contributed by atoms with E-state index in [0.29, 0.717) is 22.8 Å². The molecule has 7 nitrogen and oxygen atoms in total. The fraction of sp³-hybridized carbons (Fsp3) is 0.179. The predicted octanol–water partition coefficient (Wildman–Crippen LogP) is 4.43. The Morgan fingerprint density at radius 1 is 1.06 bits per heavy atom. The Bertz CT molecular complexity index is 1440. The highest BCUT2D eigenvalue weighted by molar-refractivity contribution is 6.12. The molecule has 0 fully saturated rings. The maximum Gasteiger partial charge on any atom is 0.277 e. The number of carbonyl (C=O) groups is 2. The lowest BCUT2D eigenvalue weighted by molar-refractivity contribution is -0.126. The van der Waals surface area contributed by atoms with Gasteiger partial charge in [-0.1, -0.05) is 54.6 Å². The Morgan fingerprint density at radius 2 is 1.81 bits per heavy atom. The van der Waals surface area contributed by atoms with Crippen LogP contribution in [0.5, 0.6) is 5.75 Å². The maximum atomic E-state index is 14.2. The lowest BCUT2D eigenvalue weighted by atomic mass is 9.93. The first-order chi connectivity index (χ1) is 17.4. The summed E-state index contributed by atoms with van der Waals surface area (Å²) in [6.07, 6.45) is 0. The molecular weight excluding hydrogens is 459 g/mol. The first-order valence-corrected chi connectivity index (χ1v) is 11.5. The van der Waals surface area contributed by atoms with Gasteiger partial charge >= 0.3 is 0 Å². The highest BCUT2D eigenvalue weighted by Crippen LogP contribution is 2.34. The SMILES string of the molecule is COc1ccccc1CNC(=O)[C@]1(C)Cn2nc(-c3ccccc3)cc2C(=O)N1c1cccc(F)c1. The van der Waals surface area contributed by atoms with E-state index in [2.05, 4.69) is 10.4 Å². The average Bonchev–Trinajstić information content (AvgIpc) is 3.32. The van der Waals surface area contributed by atoms with E-state index in [1.165, 1.54) is 23.1 Å². The first kappa shape index (κ1) is 23.3. The van der Waals surface area contributed by atoms with Gasteiger partial charge < -0.3 is 10.1 Å². The highest BCUT2D eigenvalue weighted by Gasteiger charge is 2.49. The third kappa shape index (κ3) is 4.11. The number of nitrogens with one attached hydrogen (secondary N) is 1. The molecule has 2 amide bonds. The fourth-order valence-electron chi connectivity index (χ4n) is 4.57. The number of hydrogen-bond donors (Lipinski definition) is 1. The minimum absolute atomic E-state index is 0.0924. The largest absolute Gasteiger partial charge is 0.496 e. The van der Waals surface area contributed by atoms with E-state index in [4.69, 9.17) is 4.74 Å². The normalized spacial score (nSPS) is 17.0. The molecule has 182 valence electrons. The van der Waals surface area contributed by atoms with E-state index in [1.54, 1.807) is 30.8 Å². The van der Waals surface area contributed by atoms with Gasteiger partial charge in [-0.2, -0.15) is 5.10 Å². The van der Waals surface area contributed by atoms with Crippen molar-refractivity contribution in [2.24, 2.45) is 0 Å². The summed E-state index contributed by atoms with van der Waals surface area (Å²) in [6.45, 7) is 1.96. The standard InChI is InChI=1S/C28H25FN4O3/c1-28(27(35)30-17-20-11-6-7-14-25(20)36-2)18-32-24(16-23(31-32)19-9-4-3-5-10-19)26(34)33(28)22-13-8-12-21(29)15-22/h3-16H,17-18H2,1-2H3,(H,30,35)/t28-/m0/s1. The predicted molar refractivity (Wildman–Crippen MR) is 134 cm³/mol. The van der Waals surface area contributed by atoms with Crippen LogP contribution < -0.4 is 15.0 Å². The van der Waals surface area contributed by atoms with Crippen molar-refractivity contribution in [3.05, 3.63) is 102 Å². The highest BCUT2D eigenvalue weighted by atomic mass is 19.1. The number of benzene rings is 3. The van der Waals surface area contributed by atoms with Gasteiger partial charge in [0.15, 0.2) is 0 Å². The van der Waals surface area contributed by atoms with Crippen molar-refractivity contribution >= 4 is 17.5 Å². The summed E-state index contributed by atoms with van der Waals surface area (Å²) in [6, 6.07) is 24.3. The molecule has 36 heavy (non-hydrogen) atoms.